The van der Waals surface area contributed by atoms with Crippen molar-refractivity contribution in [2.75, 3.05) is 25.0 Å². The highest BCUT2D eigenvalue weighted by molar-refractivity contribution is 6.41. The van der Waals surface area contributed by atoms with E-state index < -0.39 is 23.6 Å². The Hall–Kier alpha value is -2.70. The van der Waals surface area contributed by atoms with Crippen LogP contribution in [0.5, 0.6) is 0 Å². The maximum absolute atomic E-state index is 11.7. The van der Waals surface area contributed by atoms with Crippen LogP contribution in [0.25, 0.3) is 0 Å². The van der Waals surface area contributed by atoms with Gasteiger partial charge in [-0.2, -0.15) is 0 Å². The fourth-order valence-corrected chi connectivity index (χ4v) is 1.96. The monoisotopic (exact) mass is 276 g/mol. The highest BCUT2D eigenvalue weighted by Crippen LogP contribution is 2.22. The molecule has 104 valence electrons. The zero-order chi connectivity index (χ0) is 14.9. The number of likely N-dealkylation sites (N-methyl/N-ethyl adjacent to an activating group) is 1. The molecule has 1 aliphatic heterocycles. The maximum atomic E-state index is 11.7. The number of carboxylic acid groups (broad SMARTS) is 1. The van der Waals surface area contributed by atoms with Gasteiger partial charge in [0.05, 0.1) is 18.7 Å². The third-order valence-corrected chi connectivity index (χ3v) is 3.08. The molecule has 1 saturated heterocycles. The van der Waals surface area contributed by atoms with Crippen molar-refractivity contribution in [3.05, 3.63) is 29.8 Å². The smallest absolute Gasteiger partial charge is 0.377 e. The zero-order valence-corrected chi connectivity index (χ0v) is 10.7. The fourth-order valence-electron chi connectivity index (χ4n) is 1.96. The van der Waals surface area contributed by atoms with Gasteiger partial charge in [0.25, 0.3) is 5.78 Å². The van der Waals surface area contributed by atoms with Gasteiger partial charge >= 0.3 is 5.97 Å². The molecule has 7 nitrogen and oxygen atoms in total. The van der Waals surface area contributed by atoms with Crippen LogP contribution < -0.4 is 4.90 Å². The molecule has 0 radical (unpaired) electrons. The van der Waals surface area contributed by atoms with Crippen molar-refractivity contribution >= 4 is 29.3 Å². The maximum Gasteiger partial charge on any atom is 0.377 e. The summed E-state index contributed by atoms with van der Waals surface area (Å²) in [4.78, 5) is 48.2. The van der Waals surface area contributed by atoms with Crippen LogP contribution in [0.15, 0.2) is 24.3 Å². The number of rotatable bonds is 3. The lowest BCUT2D eigenvalue weighted by atomic mass is 10.1. The number of ketones is 1. The summed E-state index contributed by atoms with van der Waals surface area (Å²) in [5.41, 5.74) is 0.236. The van der Waals surface area contributed by atoms with Crippen LogP contribution in [0.3, 0.4) is 0 Å². The van der Waals surface area contributed by atoms with E-state index in [0.717, 1.165) is 4.90 Å². The Morgan fingerprint density at radius 3 is 2.20 bits per heavy atom. The number of carbonyl (C=O) groups excluding carboxylic acids is 3. The number of Topliss-reactive ketones (excluding diaryl/α,β-unsaturated/α-hetero) is 1. The van der Waals surface area contributed by atoms with E-state index in [1.54, 1.807) is 6.07 Å². The molecule has 0 unspecified atom stereocenters. The van der Waals surface area contributed by atoms with Crippen LogP contribution in [0.2, 0.25) is 0 Å². The number of benzene rings is 1. The molecule has 0 spiro atoms. The number of aliphatic carboxylic acids is 1. The average Bonchev–Trinajstić information content (AvgIpc) is 2.43. The molecule has 0 bridgehead atoms. The van der Waals surface area contributed by atoms with Gasteiger partial charge in [-0.05, 0) is 12.1 Å². The van der Waals surface area contributed by atoms with E-state index in [2.05, 4.69) is 0 Å². The van der Waals surface area contributed by atoms with E-state index in [4.69, 9.17) is 5.11 Å². The fraction of sp³-hybridized carbons (Fsp3) is 0.231. The number of carboxylic acids is 1. The molecule has 0 atom stereocenters. The van der Waals surface area contributed by atoms with E-state index in [0.29, 0.717) is 0 Å². The molecule has 1 aliphatic rings. The summed E-state index contributed by atoms with van der Waals surface area (Å²) in [6.45, 7) is -0.154. The van der Waals surface area contributed by atoms with Crippen molar-refractivity contribution in [3.63, 3.8) is 0 Å². The molecule has 0 aliphatic carbocycles. The van der Waals surface area contributed by atoms with E-state index in [1.165, 1.54) is 30.1 Å². The topological polar surface area (TPSA) is 95.0 Å². The Morgan fingerprint density at radius 2 is 1.65 bits per heavy atom. The minimum absolute atomic E-state index is 0.0369. The summed E-state index contributed by atoms with van der Waals surface area (Å²) in [7, 11) is 1.39. The highest BCUT2D eigenvalue weighted by atomic mass is 16.4. The number of amides is 2. The second-order valence-electron chi connectivity index (χ2n) is 4.35. The molecule has 1 aromatic rings. The van der Waals surface area contributed by atoms with Gasteiger partial charge in [-0.25, -0.2) is 4.79 Å². The average molecular weight is 276 g/mol. The molecule has 0 aromatic heterocycles. The lowest BCUT2D eigenvalue weighted by molar-refractivity contribution is -0.143. The second-order valence-corrected chi connectivity index (χ2v) is 4.35. The van der Waals surface area contributed by atoms with Crippen molar-refractivity contribution in [2.45, 2.75) is 0 Å². The predicted octanol–water partition coefficient (Wildman–Crippen LogP) is -0.241. The molecule has 1 heterocycles. The first-order valence-electron chi connectivity index (χ1n) is 5.83. The normalized spacial score (nSPS) is 15.4. The zero-order valence-electron chi connectivity index (χ0n) is 10.7. The van der Waals surface area contributed by atoms with Crippen LogP contribution in [0.4, 0.5) is 5.69 Å². The van der Waals surface area contributed by atoms with Crippen molar-refractivity contribution in [2.24, 2.45) is 0 Å². The molecular weight excluding hydrogens is 264 g/mol. The number of anilines is 1. The number of para-hydroxylation sites is 1. The SMILES string of the molecule is CN1C(=O)CN(c2ccccc2C(=O)C(=O)O)CC1=O. The van der Waals surface area contributed by atoms with Gasteiger partial charge in [0.2, 0.25) is 11.8 Å². The molecule has 0 saturated carbocycles. The minimum atomic E-state index is -1.58. The first kappa shape index (κ1) is 13.7. The molecule has 1 N–H and O–H groups in total. The first-order chi connectivity index (χ1) is 9.41. The van der Waals surface area contributed by atoms with Gasteiger partial charge in [0.15, 0.2) is 0 Å². The van der Waals surface area contributed by atoms with Crippen LogP contribution >= 0.6 is 0 Å². The van der Waals surface area contributed by atoms with Crippen LogP contribution in [-0.4, -0.2) is 53.7 Å². The van der Waals surface area contributed by atoms with Crippen molar-refractivity contribution in [1.82, 2.24) is 4.90 Å². The number of piperazine rings is 1. The molecule has 20 heavy (non-hydrogen) atoms. The van der Waals surface area contributed by atoms with E-state index in [9.17, 15) is 19.2 Å². The quantitative estimate of drug-likeness (QED) is 0.465. The minimum Gasteiger partial charge on any atom is -0.475 e. The van der Waals surface area contributed by atoms with Crippen LogP contribution in [0.1, 0.15) is 10.4 Å². The summed E-state index contributed by atoms with van der Waals surface area (Å²) >= 11 is 0. The standard InChI is InChI=1S/C13H12N2O5/c1-14-10(16)6-15(7-11(14)17)9-5-3-2-4-8(9)12(18)13(19)20/h2-5H,6-7H2,1H3,(H,19,20). The van der Waals surface area contributed by atoms with Gasteiger partial charge in [0, 0.05) is 12.7 Å². The number of imide groups is 1. The van der Waals surface area contributed by atoms with E-state index in [1.807, 2.05) is 0 Å². The summed E-state index contributed by atoms with van der Waals surface area (Å²) in [6, 6.07) is 6.02. The van der Waals surface area contributed by atoms with E-state index >= 15 is 0 Å². The lowest BCUT2D eigenvalue weighted by Crippen LogP contribution is -2.52. The number of hydrogen-bond donors (Lipinski definition) is 1. The first-order valence-corrected chi connectivity index (χ1v) is 5.83. The molecular formula is C13H12N2O5. The van der Waals surface area contributed by atoms with Crippen LogP contribution in [0, 0.1) is 0 Å². The van der Waals surface area contributed by atoms with Gasteiger partial charge in [-0.15, -0.1) is 0 Å². The Morgan fingerprint density at radius 1 is 1.10 bits per heavy atom. The number of carbonyl (C=O) groups is 4. The molecule has 7 heteroatoms. The van der Waals surface area contributed by atoms with Crippen molar-refractivity contribution in [3.8, 4) is 0 Å². The summed E-state index contributed by atoms with van der Waals surface area (Å²) in [6.07, 6.45) is 0. The number of nitrogens with zero attached hydrogens (tertiary/aromatic N) is 2. The summed E-state index contributed by atoms with van der Waals surface area (Å²) < 4.78 is 0. The molecule has 2 amide bonds. The Labute approximate surface area is 114 Å². The second kappa shape index (κ2) is 5.12. The van der Waals surface area contributed by atoms with Gasteiger partial charge < -0.3 is 10.0 Å². The summed E-state index contributed by atoms with van der Waals surface area (Å²) in [5.74, 6) is -3.46. The largest absolute Gasteiger partial charge is 0.475 e. The third-order valence-electron chi connectivity index (χ3n) is 3.08. The molecule has 1 fully saturated rings. The van der Waals surface area contributed by atoms with Crippen LogP contribution in [-0.2, 0) is 14.4 Å². The van der Waals surface area contributed by atoms with Crippen molar-refractivity contribution < 1.29 is 24.3 Å². The predicted molar refractivity (Wildman–Crippen MR) is 68.4 cm³/mol. The molecule has 2 rings (SSSR count). The number of hydrogen-bond acceptors (Lipinski definition) is 5. The Kier molecular flexibility index (Phi) is 3.51. The van der Waals surface area contributed by atoms with Gasteiger partial charge in [-0.1, -0.05) is 12.1 Å². The lowest BCUT2D eigenvalue weighted by Gasteiger charge is -2.32. The Balaban J connectivity index is 2.39. The summed E-state index contributed by atoms with van der Waals surface area (Å²) in [5, 5.41) is 8.79. The highest BCUT2D eigenvalue weighted by Gasteiger charge is 2.30. The Bertz CT molecular complexity index is 593. The van der Waals surface area contributed by atoms with Crippen molar-refractivity contribution in [1.29, 1.82) is 0 Å². The van der Waals surface area contributed by atoms with Gasteiger partial charge in [-0.3, -0.25) is 19.3 Å². The molecule has 1 aromatic carbocycles. The third kappa shape index (κ3) is 2.37. The van der Waals surface area contributed by atoms with E-state index in [-0.39, 0.29) is 24.3 Å². The van der Waals surface area contributed by atoms with Gasteiger partial charge in [0.1, 0.15) is 0 Å².